The smallest absolute Gasteiger partial charge is 0.237 e. The van der Waals surface area contributed by atoms with E-state index in [0.29, 0.717) is 95.6 Å². The summed E-state index contributed by atoms with van der Waals surface area (Å²) in [5.41, 5.74) is 32.4. The van der Waals surface area contributed by atoms with Crippen molar-refractivity contribution in [2.24, 2.45) is 28.2 Å². The van der Waals surface area contributed by atoms with Crippen LogP contribution >= 0.6 is 0 Å². The van der Waals surface area contributed by atoms with Gasteiger partial charge in [-0.3, -0.25) is 0 Å². The minimum Gasteiger partial charge on any atom is -0.466 e. The first-order chi connectivity index (χ1) is 63.6. The summed E-state index contributed by atoms with van der Waals surface area (Å²) in [5.74, 6) is 0. The molecule has 12 aromatic carbocycles. The SMILES string of the molecule is [2H]C([2H])([2H])c1ccc(-c2c(C)cc(-c3ccccc3)c3c2oc2c([N+]#[C-])cccc23)[n+](C)c1C.[2H]C([2H])([2H])c1ccc(-c2c(C)ccc3c2oc2c([N+]#[C-])cc(-c4ccccc4)cc23)[n+](C)c1C.[2H]C([2H])([2H])c1ccc(-c2c(C)ccc3c2oc2c([N+]#[C-])ccc(-c4ccccc4)c23)[n+](C)c1C.[C-]#[N+]c1c(-c2ccccc2)ccc2c1oc1c(-c3cc(C)cc(C)[n+]3C)c(C)ccc12. The van der Waals surface area contributed by atoms with Crippen LogP contribution in [0.3, 0.4) is 0 Å². The molecular weight excluding hydrogens is 1520 g/mol. The molecule has 124 heavy (non-hydrogen) atoms. The van der Waals surface area contributed by atoms with Crippen LogP contribution in [0.1, 0.15) is 79.6 Å². The van der Waals surface area contributed by atoms with Crippen molar-refractivity contribution in [2.75, 3.05) is 0 Å². The number of nitrogens with zero attached hydrogens (tertiary/aromatic N) is 8. The maximum absolute atomic E-state index is 7.90. The Bertz CT molecular complexity index is 8340. The summed E-state index contributed by atoms with van der Waals surface area (Å²) >= 11 is 0. The second-order valence-corrected chi connectivity index (χ2v) is 31.7. The van der Waals surface area contributed by atoms with Crippen LogP contribution in [0.4, 0.5) is 22.7 Å². The van der Waals surface area contributed by atoms with Crippen molar-refractivity contribution >= 4 is 111 Å². The van der Waals surface area contributed by atoms with E-state index in [0.717, 1.165) is 160 Å². The number of aromatic nitrogens is 4. The number of rotatable bonds is 8. The van der Waals surface area contributed by atoms with E-state index in [1.54, 1.807) is 24.3 Å². The average molecular weight is 1620 g/mol. The summed E-state index contributed by atoms with van der Waals surface area (Å²) in [7, 11) is 7.71. The molecule has 0 saturated carbocycles. The number of para-hydroxylation sites is 1. The van der Waals surface area contributed by atoms with E-state index in [-0.39, 0.29) is 0 Å². The molecule has 0 aliphatic carbocycles. The highest BCUT2D eigenvalue weighted by Crippen LogP contribution is 2.50. The van der Waals surface area contributed by atoms with Gasteiger partial charge in [0, 0.05) is 130 Å². The Balaban J connectivity index is 0.000000124. The Hall–Kier alpha value is -15.6. The summed E-state index contributed by atoms with van der Waals surface area (Å²) in [6, 6.07) is 87.3. The summed E-state index contributed by atoms with van der Waals surface area (Å²) in [4.78, 5) is 15.0. The lowest BCUT2D eigenvalue weighted by atomic mass is 9.92. The monoisotopic (exact) mass is 1620 g/mol. The van der Waals surface area contributed by atoms with Crippen LogP contribution < -0.4 is 18.3 Å². The predicted molar refractivity (Wildman–Crippen MR) is 505 cm³/mol. The van der Waals surface area contributed by atoms with E-state index < -0.39 is 20.6 Å². The van der Waals surface area contributed by atoms with Gasteiger partial charge in [0.25, 0.3) is 0 Å². The van der Waals surface area contributed by atoms with E-state index in [2.05, 4.69) is 125 Å². The molecule has 12 heteroatoms. The van der Waals surface area contributed by atoms with Crippen molar-refractivity contribution in [1.29, 1.82) is 0 Å². The average Bonchev–Trinajstić information content (AvgIpc) is 1.61. The van der Waals surface area contributed by atoms with Gasteiger partial charge in [-0.2, -0.15) is 18.3 Å². The third-order valence-corrected chi connectivity index (χ3v) is 24.4. The summed E-state index contributed by atoms with van der Waals surface area (Å²) in [6.45, 7) is 42.3. The van der Waals surface area contributed by atoms with Crippen molar-refractivity contribution in [3.05, 3.63) is 380 Å². The minimum absolute atomic E-state index is 0.327. The fraction of sp³-hybridized carbons (Fsp3) is 0.143. The molecule has 600 valence electrons. The first kappa shape index (κ1) is 70.3. The molecule has 0 aliphatic rings. The third-order valence-electron chi connectivity index (χ3n) is 24.4. The lowest BCUT2D eigenvalue weighted by Gasteiger charge is -2.12. The van der Waals surface area contributed by atoms with Gasteiger partial charge in [-0.1, -0.05) is 200 Å². The van der Waals surface area contributed by atoms with Gasteiger partial charge in [0.15, 0.2) is 22.8 Å². The molecule has 0 N–H and O–H groups in total. The second-order valence-electron chi connectivity index (χ2n) is 31.7. The number of furan rings is 4. The summed E-state index contributed by atoms with van der Waals surface area (Å²) in [5, 5.41) is 7.52. The molecule has 0 bridgehead atoms. The third kappa shape index (κ3) is 14.0. The molecule has 0 aliphatic heterocycles. The number of aryl methyl sites for hydroxylation is 9. The first-order valence-electron chi connectivity index (χ1n) is 45.3. The molecule has 0 fully saturated rings. The maximum atomic E-state index is 7.90. The van der Waals surface area contributed by atoms with Gasteiger partial charge in [0.1, 0.15) is 72.9 Å². The van der Waals surface area contributed by atoms with Gasteiger partial charge < -0.3 is 17.7 Å². The van der Waals surface area contributed by atoms with Crippen LogP contribution in [0.5, 0.6) is 0 Å². The van der Waals surface area contributed by atoms with Crippen LogP contribution in [0.25, 0.3) is 197 Å². The molecule has 0 radical (unpaired) electrons. The number of pyridine rings is 4. The Morgan fingerprint density at radius 3 is 1.18 bits per heavy atom. The van der Waals surface area contributed by atoms with Gasteiger partial charge in [0.2, 0.25) is 45.5 Å². The molecule has 0 atom stereocenters. The fourth-order valence-electron chi connectivity index (χ4n) is 17.4. The topological polar surface area (TPSA) is 85.5 Å². The Morgan fingerprint density at radius 2 is 0.653 bits per heavy atom. The van der Waals surface area contributed by atoms with Crippen molar-refractivity contribution in [2.45, 2.75) is 82.9 Å². The van der Waals surface area contributed by atoms with Gasteiger partial charge >= 0.3 is 0 Å². The molecule has 8 heterocycles. The second kappa shape index (κ2) is 32.8. The van der Waals surface area contributed by atoms with Gasteiger partial charge in [0.05, 0.1) is 48.5 Å². The minimum atomic E-state index is -2.19. The zero-order chi connectivity index (χ0) is 94.3. The molecule has 0 saturated heterocycles. The van der Waals surface area contributed by atoms with Gasteiger partial charge in [-0.15, -0.1) is 0 Å². The molecule has 20 rings (SSSR count). The molecule has 0 amide bonds. The standard InChI is InChI=1S/4C28H23N2O/c1-17-14-15-24(30(5)19(17)3)25-18(2)16-22(20-10-7-6-8-11-20)26-21-12-9-13-23(29-4)27(21)31-28(25)26;1-17-12-16-24(30(5)19(17)3)25-18(2)11-13-22-26-21(20-9-7-6-8-10-20)14-15-23(29-4)28(26)31-27(22)25;1-17-12-14-25(30(5)19(17)3)26-18(2)11-13-22-23-15-21(20-9-7-6-8-10-20)16-24(29-4)27(23)31-28(22)26;1-17-15-19(3)30(5)24(16-17)25-18(2)11-12-22-23-14-13-21(20-9-7-6-8-10-20)26(29-4)28(23)31-27(22)25/h4*6-16H,1-3,5H3/q4*+1/i3*1D3;. The maximum Gasteiger partial charge on any atom is 0.237 e. The van der Waals surface area contributed by atoms with E-state index in [9.17, 15) is 0 Å². The fourth-order valence-corrected chi connectivity index (χ4v) is 17.4. The van der Waals surface area contributed by atoms with E-state index in [4.69, 9.17) is 56.3 Å². The van der Waals surface area contributed by atoms with Gasteiger partial charge in [-0.25, -0.2) is 19.4 Å². The quantitative estimate of drug-likeness (QED) is 0.112. The molecule has 0 spiro atoms. The Morgan fingerprint density at radius 1 is 0.258 bits per heavy atom. The number of fused-ring (bicyclic) bond motifs is 12. The number of benzene rings is 12. The molecular formula is C112H92N8O4+4. The van der Waals surface area contributed by atoms with Crippen molar-refractivity contribution in [1.82, 2.24) is 0 Å². The normalized spacial score (nSPS) is 12.6. The highest BCUT2D eigenvalue weighted by atomic mass is 16.3. The van der Waals surface area contributed by atoms with E-state index in [1.807, 2.05) is 246 Å². The highest BCUT2D eigenvalue weighted by Gasteiger charge is 2.31. The Labute approximate surface area is 735 Å². The van der Waals surface area contributed by atoms with E-state index >= 15 is 0 Å². The molecule has 12 nitrogen and oxygen atoms in total. The van der Waals surface area contributed by atoms with Crippen LogP contribution in [0.15, 0.2) is 285 Å². The largest absolute Gasteiger partial charge is 0.466 e. The summed E-state index contributed by atoms with van der Waals surface area (Å²) in [6.07, 6.45) is 0. The highest BCUT2D eigenvalue weighted by molar-refractivity contribution is 6.21. The number of hydrogen-bond donors (Lipinski definition) is 0. The van der Waals surface area contributed by atoms with Crippen LogP contribution in [0.2, 0.25) is 0 Å². The van der Waals surface area contributed by atoms with Gasteiger partial charge in [-0.05, 0) is 164 Å². The zero-order valence-corrected chi connectivity index (χ0v) is 71.1. The molecule has 0 unspecified atom stereocenters. The van der Waals surface area contributed by atoms with Crippen molar-refractivity contribution in [3.63, 3.8) is 0 Å². The Kier molecular flexibility index (Phi) is 18.6. The first-order valence-corrected chi connectivity index (χ1v) is 40.8. The van der Waals surface area contributed by atoms with E-state index in [1.165, 1.54) is 11.3 Å². The lowest BCUT2D eigenvalue weighted by molar-refractivity contribution is -0.667. The molecule has 8 aromatic heterocycles. The van der Waals surface area contributed by atoms with Crippen molar-refractivity contribution < 1.29 is 48.3 Å². The molecule has 20 aromatic rings. The van der Waals surface area contributed by atoms with Crippen molar-refractivity contribution in [3.8, 4) is 89.5 Å². The van der Waals surface area contributed by atoms with Crippen LogP contribution in [-0.2, 0) is 28.2 Å². The van der Waals surface area contributed by atoms with Crippen LogP contribution in [-0.4, -0.2) is 0 Å². The lowest BCUT2D eigenvalue weighted by Crippen LogP contribution is -2.35. The summed E-state index contributed by atoms with van der Waals surface area (Å²) < 4.78 is 104. The van der Waals surface area contributed by atoms with Crippen LogP contribution in [0, 0.1) is 109 Å². The number of hydrogen-bond acceptors (Lipinski definition) is 4. The predicted octanol–water partition coefficient (Wildman–Crippen LogP) is 28.9. The zero-order valence-electron chi connectivity index (χ0n) is 80.1.